The molecule has 0 N–H and O–H groups in total. The second-order valence-corrected chi connectivity index (χ2v) is 5.32. The molecule has 4 aromatic rings. The van der Waals surface area contributed by atoms with Gasteiger partial charge in [0.25, 0.3) is 5.88 Å². The van der Waals surface area contributed by atoms with E-state index in [0.29, 0.717) is 17.3 Å². The van der Waals surface area contributed by atoms with Crippen molar-refractivity contribution in [2.24, 2.45) is 0 Å². The Balaban J connectivity index is 1.92. The van der Waals surface area contributed by atoms with E-state index in [1.807, 2.05) is 59.9 Å². The highest BCUT2D eigenvalue weighted by molar-refractivity contribution is 5.79. The Morgan fingerprint density at radius 1 is 1.00 bits per heavy atom. The maximum Gasteiger partial charge on any atom is 0.266 e. The Bertz CT molecular complexity index is 1030. The van der Waals surface area contributed by atoms with Gasteiger partial charge < -0.3 is 9.47 Å². The van der Waals surface area contributed by atoms with Crippen LogP contribution in [-0.2, 0) is 6.42 Å². The van der Waals surface area contributed by atoms with Gasteiger partial charge >= 0.3 is 0 Å². The summed E-state index contributed by atoms with van der Waals surface area (Å²) in [5.41, 5.74) is 2.40. The molecule has 0 fully saturated rings. The molecular weight excluding hydrogens is 304 g/mol. The van der Waals surface area contributed by atoms with Crippen molar-refractivity contribution in [1.82, 2.24) is 19.6 Å². The van der Waals surface area contributed by atoms with E-state index >= 15 is 0 Å². The summed E-state index contributed by atoms with van der Waals surface area (Å²) in [6.07, 6.45) is 0.772. The number of aryl methyl sites for hydroxylation is 1. The summed E-state index contributed by atoms with van der Waals surface area (Å²) in [6.45, 7) is 2.05. The predicted octanol–water partition coefficient (Wildman–Crippen LogP) is 3.64. The van der Waals surface area contributed by atoms with Gasteiger partial charge in [0, 0.05) is 12.5 Å². The molecule has 4 rings (SSSR count). The van der Waals surface area contributed by atoms with Crippen molar-refractivity contribution in [1.29, 1.82) is 0 Å². The summed E-state index contributed by atoms with van der Waals surface area (Å²) in [7, 11) is 1.62. The van der Waals surface area contributed by atoms with Crippen LogP contribution < -0.4 is 9.47 Å². The van der Waals surface area contributed by atoms with E-state index in [1.54, 1.807) is 7.11 Å². The van der Waals surface area contributed by atoms with Gasteiger partial charge in [0.1, 0.15) is 17.3 Å². The highest BCUT2D eigenvalue weighted by atomic mass is 16.5. The molecule has 2 aromatic carbocycles. The molecule has 0 unspecified atom stereocenters. The minimum absolute atomic E-state index is 0.425. The summed E-state index contributed by atoms with van der Waals surface area (Å²) in [5.74, 6) is 2.66. The van der Waals surface area contributed by atoms with Crippen LogP contribution in [0.5, 0.6) is 17.4 Å². The molecule has 0 saturated heterocycles. The van der Waals surface area contributed by atoms with Crippen molar-refractivity contribution >= 4 is 16.7 Å². The first-order valence-electron chi connectivity index (χ1n) is 7.75. The first kappa shape index (κ1) is 14.4. The van der Waals surface area contributed by atoms with Gasteiger partial charge in [0.05, 0.1) is 18.1 Å². The summed E-state index contributed by atoms with van der Waals surface area (Å²) in [6, 6.07) is 15.3. The van der Waals surface area contributed by atoms with E-state index in [1.165, 1.54) is 0 Å². The third-order valence-corrected chi connectivity index (χ3v) is 3.84. The SMILES string of the molecule is CCc1nnc2c(Oc3cccc(OC)c3)nc3ccccc3n12. The number of ether oxygens (including phenoxy) is 2. The average molecular weight is 320 g/mol. The minimum Gasteiger partial charge on any atom is -0.497 e. The zero-order chi connectivity index (χ0) is 16.5. The quantitative estimate of drug-likeness (QED) is 0.574. The second-order valence-electron chi connectivity index (χ2n) is 5.32. The second kappa shape index (κ2) is 5.81. The molecule has 0 aliphatic rings. The van der Waals surface area contributed by atoms with E-state index in [4.69, 9.17) is 9.47 Å². The lowest BCUT2D eigenvalue weighted by atomic mass is 10.3. The molecular formula is C18H16N4O2. The van der Waals surface area contributed by atoms with E-state index in [2.05, 4.69) is 15.2 Å². The van der Waals surface area contributed by atoms with Crippen LogP contribution in [0.4, 0.5) is 0 Å². The van der Waals surface area contributed by atoms with Crippen LogP contribution in [0, 0.1) is 0 Å². The molecule has 120 valence electrons. The van der Waals surface area contributed by atoms with Crippen molar-refractivity contribution < 1.29 is 9.47 Å². The standard InChI is InChI=1S/C18H16N4O2/c1-3-16-20-21-17-18(24-13-8-6-7-12(11-13)23-2)19-14-9-4-5-10-15(14)22(16)17/h4-11H,3H2,1-2H3. The number of para-hydroxylation sites is 2. The Kier molecular flexibility index (Phi) is 3.49. The van der Waals surface area contributed by atoms with E-state index in [0.717, 1.165) is 29.0 Å². The normalized spacial score (nSPS) is 11.1. The monoisotopic (exact) mass is 320 g/mol. The number of nitrogens with zero attached hydrogens (tertiary/aromatic N) is 4. The number of hydrogen-bond donors (Lipinski definition) is 0. The van der Waals surface area contributed by atoms with Crippen molar-refractivity contribution in [3.63, 3.8) is 0 Å². The van der Waals surface area contributed by atoms with Crippen LogP contribution >= 0.6 is 0 Å². The van der Waals surface area contributed by atoms with Crippen LogP contribution in [0.25, 0.3) is 16.7 Å². The van der Waals surface area contributed by atoms with Gasteiger partial charge in [-0.25, -0.2) is 4.98 Å². The lowest BCUT2D eigenvalue weighted by molar-refractivity contribution is 0.408. The molecule has 0 radical (unpaired) electrons. The zero-order valence-electron chi connectivity index (χ0n) is 13.4. The van der Waals surface area contributed by atoms with Crippen molar-refractivity contribution in [3.05, 3.63) is 54.4 Å². The van der Waals surface area contributed by atoms with Crippen LogP contribution in [0.3, 0.4) is 0 Å². The Morgan fingerprint density at radius 3 is 2.67 bits per heavy atom. The number of benzene rings is 2. The van der Waals surface area contributed by atoms with Gasteiger partial charge in [-0.05, 0) is 24.3 Å². The van der Waals surface area contributed by atoms with E-state index < -0.39 is 0 Å². The minimum atomic E-state index is 0.425. The van der Waals surface area contributed by atoms with Gasteiger partial charge in [-0.2, -0.15) is 0 Å². The van der Waals surface area contributed by atoms with Gasteiger partial charge in [-0.15, -0.1) is 10.2 Å². The summed E-state index contributed by atoms with van der Waals surface area (Å²) in [5, 5.41) is 8.54. The molecule has 2 aromatic heterocycles. The van der Waals surface area contributed by atoms with Gasteiger partial charge in [0.2, 0.25) is 5.65 Å². The van der Waals surface area contributed by atoms with Crippen LogP contribution in [0.15, 0.2) is 48.5 Å². The molecule has 0 amide bonds. The zero-order valence-corrected chi connectivity index (χ0v) is 13.4. The summed E-state index contributed by atoms with van der Waals surface area (Å²) >= 11 is 0. The van der Waals surface area contributed by atoms with Gasteiger partial charge in [-0.3, -0.25) is 4.40 Å². The molecule has 0 atom stereocenters. The Hall–Kier alpha value is -3.15. The van der Waals surface area contributed by atoms with E-state index in [9.17, 15) is 0 Å². The van der Waals surface area contributed by atoms with Crippen LogP contribution in [0.2, 0.25) is 0 Å². The van der Waals surface area contributed by atoms with E-state index in [-0.39, 0.29) is 0 Å². The van der Waals surface area contributed by atoms with Crippen molar-refractivity contribution in [2.45, 2.75) is 13.3 Å². The fourth-order valence-electron chi connectivity index (χ4n) is 2.69. The Morgan fingerprint density at radius 2 is 1.83 bits per heavy atom. The number of aromatic nitrogens is 4. The lowest BCUT2D eigenvalue weighted by Crippen LogP contribution is -1.99. The first-order chi connectivity index (χ1) is 11.8. The molecule has 0 bridgehead atoms. The molecule has 0 spiro atoms. The summed E-state index contributed by atoms with van der Waals surface area (Å²) < 4.78 is 13.2. The third-order valence-electron chi connectivity index (χ3n) is 3.84. The van der Waals surface area contributed by atoms with Crippen molar-refractivity contribution in [3.8, 4) is 17.4 Å². The molecule has 0 aliphatic heterocycles. The number of rotatable bonds is 4. The predicted molar refractivity (Wildman–Crippen MR) is 90.7 cm³/mol. The number of hydrogen-bond acceptors (Lipinski definition) is 5. The maximum absolute atomic E-state index is 5.99. The molecule has 0 saturated carbocycles. The Labute approximate surface area is 138 Å². The smallest absolute Gasteiger partial charge is 0.266 e. The number of fused-ring (bicyclic) bond motifs is 3. The molecule has 6 heteroatoms. The largest absolute Gasteiger partial charge is 0.497 e. The fourth-order valence-corrected chi connectivity index (χ4v) is 2.69. The highest BCUT2D eigenvalue weighted by Crippen LogP contribution is 2.29. The van der Waals surface area contributed by atoms with Gasteiger partial charge in [-0.1, -0.05) is 25.1 Å². The fraction of sp³-hybridized carbons (Fsp3) is 0.167. The lowest BCUT2D eigenvalue weighted by Gasteiger charge is -2.10. The number of methoxy groups -OCH3 is 1. The molecule has 2 heterocycles. The first-order valence-corrected chi connectivity index (χ1v) is 7.75. The topological polar surface area (TPSA) is 61.5 Å². The average Bonchev–Trinajstić information content (AvgIpc) is 3.07. The van der Waals surface area contributed by atoms with Gasteiger partial charge in [0.15, 0.2) is 0 Å². The molecule has 0 aliphatic carbocycles. The summed E-state index contributed by atoms with van der Waals surface area (Å²) in [4.78, 5) is 4.62. The molecule has 6 nitrogen and oxygen atoms in total. The molecule has 24 heavy (non-hydrogen) atoms. The van der Waals surface area contributed by atoms with Crippen LogP contribution in [0.1, 0.15) is 12.7 Å². The third kappa shape index (κ3) is 2.32. The van der Waals surface area contributed by atoms with Crippen molar-refractivity contribution in [2.75, 3.05) is 7.11 Å². The maximum atomic E-state index is 5.99. The van der Waals surface area contributed by atoms with Crippen LogP contribution in [-0.4, -0.2) is 26.7 Å². The highest BCUT2D eigenvalue weighted by Gasteiger charge is 2.15.